The third-order valence-electron chi connectivity index (χ3n) is 5.00. The normalized spacial score (nSPS) is 15.0. The van der Waals surface area contributed by atoms with Gasteiger partial charge in [0.2, 0.25) is 5.91 Å². The highest BCUT2D eigenvalue weighted by atomic mass is 16.5. The van der Waals surface area contributed by atoms with Gasteiger partial charge in [-0.3, -0.25) is 14.6 Å². The quantitative estimate of drug-likeness (QED) is 0.730. The summed E-state index contributed by atoms with van der Waals surface area (Å²) < 4.78 is 5.87. The molecule has 1 aliphatic heterocycles. The fourth-order valence-electron chi connectivity index (χ4n) is 3.53. The standard InChI is InChI=1S/C23H23N3O3/c1-15-9-10-19-18(14-15)26(22(28)23(2,3)29-19)13-11-20(27)25-17-8-4-6-16-7-5-12-24-21(16)17/h4-10,12,14H,11,13H2,1-3H3,(H,25,27). The molecule has 0 unspecified atom stereocenters. The first-order chi connectivity index (χ1) is 13.8. The molecule has 1 aromatic heterocycles. The summed E-state index contributed by atoms with van der Waals surface area (Å²) in [6.45, 7) is 5.72. The van der Waals surface area contributed by atoms with Crippen molar-refractivity contribution in [2.45, 2.75) is 32.8 Å². The Balaban J connectivity index is 1.53. The van der Waals surface area contributed by atoms with E-state index in [1.807, 2.05) is 55.5 Å². The number of hydrogen-bond acceptors (Lipinski definition) is 4. The van der Waals surface area contributed by atoms with E-state index in [0.29, 0.717) is 17.1 Å². The van der Waals surface area contributed by atoms with E-state index in [1.165, 1.54) is 0 Å². The lowest BCUT2D eigenvalue weighted by molar-refractivity contribution is -0.132. The molecule has 0 aliphatic carbocycles. The van der Waals surface area contributed by atoms with Crippen LogP contribution in [0.4, 0.5) is 11.4 Å². The highest BCUT2D eigenvalue weighted by Gasteiger charge is 2.40. The summed E-state index contributed by atoms with van der Waals surface area (Å²) >= 11 is 0. The summed E-state index contributed by atoms with van der Waals surface area (Å²) in [5.74, 6) is 0.323. The van der Waals surface area contributed by atoms with Crippen molar-refractivity contribution in [1.82, 2.24) is 4.98 Å². The number of nitrogens with one attached hydrogen (secondary N) is 1. The van der Waals surface area contributed by atoms with Crippen LogP contribution in [0.1, 0.15) is 25.8 Å². The van der Waals surface area contributed by atoms with Crippen molar-refractivity contribution in [1.29, 1.82) is 0 Å². The molecule has 2 amide bonds. The maximum absolute atomic E-state index is 12.9. The zero-order valence-electron chi connectivity index (χ0n) is 16.7. The number of benzene rings is 2. The predicted molar refractivity (Wildman–Crippen MR) is 113 cm³/mol. The molecule has 0 bridgehead atoms. The molecule has 29 heavy (non-hydrogen) atoms. The van der Waals surface area contributed by atoms with Gasteiger partial charge in [-0.15, -0.1) is 0 Å². The number of aryl methyl sites for hydroxylation is 1. The van der Waals surface area contributed by atoms with Gasteiger partial charge in [-0.25, -0.2) is 0 Å². The topological polar surface area (TPSA) is 71.5 Å². The van der Waals surface area contributed by atoms with E-state index >= 15 is 0 Å². The highest BCUT2D eigenvalue weighted by Crippen LogP contribution is 2.38. The minimum atomic E-state index is -0.974. The first-order valence-electron chi connectivity index (χ1n) is 9.60. The van der Waals surface area contributed by atoms with Crippen molar-refractivity contribution >= 4 is 34.1 Å². The van der Waals surface area contributed by atoms with Gasteiger partial charge in [0.1, 0.15) is 5.75 Å². The summed E-state index contributed by atoms with van der Waals surface area (Å²) in [5, 5.41) is 3.88. The van der Waals surface area contributed by atoms with E-state index in [1.54, 1.807) is 24.9 Å². The average Bonchev–Trinajstić information content (AvgIpc) is 2.69. The van der Waals surface area contributed by atoms with Crippen molar-refractivity contribution in [3.8, 4) is 5.75 Å². The maximum atomic E-state index is 12.9. The van der Waals surface area contributed by atoms with Crippen LogP contribution < -0.4 is 15.0 Å². The van der Waals surface area contributed by atoms with E-state index in [-0.39, 0.29) is 24.8 Å². The van der Waals surface area contributed by atoms with Crippen LogP contribution >= 0.6 is 0 Å². The number of anilines is 2. The number of para-hydroxylation sites is 1. The maximum Gasteiger partial charge on any atom is 0.270 e. The minimum Gasteiger partial charge on any atom is -0.476 e. The largest absolute Gasteiger partial charge is 0.476 e. The number of fused-ring (bicyclic) bond motifs is 2. The Morgan fingerprint density at radius 3 is 2.79 bits per heavy atom. The third kappa shape index (κ3) is 3.66. The monoisotopic (exact) mass is 389 g/mol. The SMILES string of the molecule is Cc1ccc2c(c1)N(CCC(=O)Nc1cccc3cccnc13)C(=O)C(C)(C)O2. The molecule has 6 heteroatoms. The Kier molecular flexibility index (Phi) is 4.70. The number of rotatable bonds is 4. The minimum absolute atomic E-state index is 0.157. The van der Waals surface area contributed by atoms with Crippen molar-refractivity contribution in [3.63, 3.8) is 0 Å². The molecule has 6 nitrogen and oxygen atoms in total. The van der Waals surface area contributed by atoms with Gasteiger partial charge in [0.25, 0.3) is 5.91 Å². The molecular weight excluding hydrogens is 366 g/mol. The van der Waals surface area contributed by atoms with Crippen LogP contribution in [-0.2, 0) is 9.59 Å². The molecule has 0 saturated carbocycles. The van der Waals surface area contributed by atoms with E-state index in [2.05, 4.69) is 10.3 Å². The van der Waals surface area contributed by atoms with Gasteiger partial charge in [-0.05, 0) is 50.6 Å². The van der Waals surface area contributed by atoms with Gasteiger partial charge in [-0.2, -0.15) is 0 Å². The number of ether oxygens (including phenoxy) is 1. The molecule has 148 valence electrons. The van der Waals surface area contributed by atoms with Gasteiger partial charge < -0.3 is 15.0 Å². The number of carbonyl (C=O) groups excluding carboxylic acids is 2. The number of pyridine rings is 1. The fourth-order valence-corrected chi connectivity index (χ4v) is 3.53. The van der Waals surface area contributed by atoms with Crippen LogP contribution in [0.2, 0.25) is 0 Å². The highest BCUT2D eigenvalue weighted by molar-refractivity contribution is 6.04. The Morgan fingerprint density at radius 2 is 1.97 bits per heavy atom. The molecule has 0 atom stereocenters. The molecule has 1 aliphatic rings. The first-order valence-corrected chi connectivity index (χ1v) is 9.60. The lowest BCUT2D eigenvalue weighted by Gasteiger charge is -2.38. The lowest BCUT2D eigenvalue weighted by Crippen LogP contribution is -2.53. The van der Waals surface area contributed by atoms with Crippen LogP contribution in [0.3, 0.4) is 0 Å². The van der Waals surface area contributed by atoms with Gasteiger partial charge in [0, 0.05) is 24.5 Å². The Morgan fingerprint density at radius 1 is 1.17 bits per heavy atom. The Hall–Kier alpha value is -3.41. The van der Waals surface area contributed by atoms with Gasteiger partial charge in [-0.1, -0.05) is 24.3 Å². The molecule has 2 aromatic carbocycles. The second kappa shape index (κ2) is 7.20. The molecular formula is C23H23N3O3. The van der Waals surface area contributed by atoms with Crippen LogP contribution in [0.15, 0.2) is 54.7 Å². The van der Waals surface area contributed by atoms with E-state index in [0.717, 1.165) is 16.5 Å². The van der Waals surface area contributed by atoms with Crippen molar-refractivity contribution in [3.05, 3.63) is 60.3 Å². The molecule has 0 spiro atoms. The molecule has 4 rings (SSSR count). The number of nitrogens with zero attached hydrogens (tertiary/aromatic N) is 2. The summed E-state index contributed by atoms with van der Waals surface area (Å²) in [6.07, 6.45) is 1.87. The van der Waals surface area contributed by atoms with Crippen molar-refractivity contribution in [2.24, 2.45) is 0 Å². The van der Waals surface area contributed by atoms with Crippen LogP contribution in [-0.4, -0.2) is 28.9 Å². The zero-order valence-corrected chi connectivity index (χ0v) is 16.7. The summed E-state index contributed by atoms with van der Waals surface area (Å²) in [6, 6.07) is 15.2. The smallest absolute Gasteiger partial charge is 0.270 e. The van der Waals surface area contributed by atoms with Crippen molar-refractivity contribution < 1.29 is 14.3 Å². The fraction of sp³-hybridized carbons (Fsp3) is 0.261. The molecule has 0 radical (unpaired) electrons. The average molecular weight is 389 g/mol. The number of hydrogen-bond donors (Lipinski definition) is 1. The van der Waals surface area contributed by atoms with E-state index in [9.17, 15) is 9.59 Å². The molecule has 2 heterocycles. The zero-order chi connectivity index (χ0) is 20.6. The molecule has 0 fully saturated rings. The van der Waals surface area contributed by atoms with Gasteiger partial charge in [0.15, 0.2) is 5.60 Å². The van der Waals surface area contributed by atoms with Gasteiger partial charge >= 0.3 is 0 Å². The Labute approximate surface area is 169 Å². The number of amides is 2. The summed E-state index contributed by atoms with van der Waals surface area (Å²) in [5.41, 5.74) is 2.16. The van der Waals surface area contributed by atoms with Crippen LogP contribution in [0, 0.1) is 6.92 Å². The van der Waals surface area contributed by atoms with Gasteiger partial charge in [0.05, 0.1) is 16.9 Å². The second-order valence-electron chi connectivity index (χ2n) is 7.72. The number of carbonyl (C=O) groups is 2. The van der Waals surface area contributed by atoms with E-state index in [4.69, 9.17) is 4.74 Å². The molecule has 0 saturated heterocycles. The Bertz CT molecular complexity index is 1100. The third-order valence-corrected chi connectivity index (χ3v) is 5.00. The summed E-state index contributed by atoms with van der Waals surface area (Å²) in [7, 11) is 0. The van der Waals surface area contributed by atoms with Crippen LogP contribution in [0.25, 0.3) is 10.9 Å². The lowest BCUT2D eigenvalue weighted by atomic mass is 10.0. The number of aromatic nitrogens is 1. The first kappa shape index (κ1) is 18.9. The van der Waals surface area contributed by atoms with E-state index < -0.39 is 5.60 Å². The van der Waals surface area contributed by atoms with Crippen molar-refractivity contribution in [2.75, 3.05) is 16.8 Å². The second-order valence-corrected chi connectivity index (χ2v) is 7.72. The summed E-state index contributed by atoms with van der Waals surface area (Å²) in [4.78, 5) is 31.6. The predicted octanol–water partition coefficient (Wildman–Crippen LogP) is 4.08. The molecule has 1 N–H and O–H groups in total. The van der Waals surface area contributed by atoms with Crippen LogP contribution in [0.5, 0.6) is 5.75 Å². The molecule has 3 aromatic rings.